The van der Waals surface area contributed by atoms with Gasteiger partial charge in [0.15, 0.2) is 0 Å². The van der Waals surface area contributed by atoms with Gasteiger partial charge in [0, 0.05) is 18.3 Å². The summed E-state index contributed by atoms with van der Waals surface area (Å²) in [5, 5.41) is 2.80. The molecule has 1 unspecified atom stereocenters. The second-order valence-corrected chi connectivity index (χ2v) is 7.82. The van der Waals surface area contributed by atoms with Gasteiger partial charge in [-0.1, -0.05) is 26.8 Å². The highest BCUT2D eigenvalue weighted by Gasteiger charge is 2.33. The average molecular weight is 356 g/mol. The van der Waals surface area contributed by atoms with Crippen molar-refractivity contribution in [1.29, 1.82) is 0 Å². The second kappa shape index (κ2) is 8.60. The summed E-state index contributed by atoms with van der Waals surface area (Å²) < 4.78 is 27.3. The third-order valence-corrected chi connectivity index (χ3v) is 6.18. The van der Waals surface area contributed by atoms with Crippen LogP contribution < -0.4 is 15.8 Å². The molecule has 7 heteroatoms. The van der Waals surface area contributed by atoms with Gasteiger partial charge in [-0.2, -0.15) is 0 Å². The Morgan fingerprint density at radius 1 is 1.25 bits per heavy atom. The Morgan fingerprint density at radius 2 is 1.88 bits per heavy atom. The molecule has 1 rings (SSSR count). The van der Waals surface area contributed by atoms with Crippen molar-refractivity contribution < 1.29 is 13.2 Å². The number of anilines is 1. The molecule has 6 nitrogen and oxygen atoms in total. The number of benzene rings is 1. The summed E-state index contributed by atoms with van der Waals surface area (Å²) in [6.45, 7) is 7.81. The Kier molecular flexibility index (Phi) is 7.38. The minimum atomic E-state index is -3.61. The van der Waals surface area contributed by atoms with E-state index in [-0.39, 0.29) is 23.4 Å². The minimum Gasteiger partial charge on any atom is -0.329 e. The first-order chi connectivity index (χ1) is 11.2. The fourth-order valence-electron chi connectivity index (χ4n) is 2.37. The Labute approximate surface area is 145 Å². The van der Waals surface area contributed by atoms with E-state index in [2.05, 4.69) is 10.0 Å². The average Bonchev–Trinajstić information content (AvgIpc) is 2.56. The first-order valence-corrected chi connectivity index (χ1v) is 9.86. The lowest BCUT2D eigenvalue weighted by Crippen LogP contribution is -2.41. The molecule has 0 aliphatic heterocycles. The summed E-state index contributed by atoms with van der Waals surface area (Å²) in [6, 6.07) is 6.11. The predicted octanol–water partition coefficient (Wildman–Crippen LogP) is 2.47. The quantitative estimate of drug-likeness (QED) is 0.633. The monoisotopic (exact) mass is 355 g/mol. The molecule has 24 heavy (non-hydrogen) atoms. The van der Waals surface area contributed by atoms with Gasteiger partial charge in [0.1, 0.15) is 0 Å². The number of carbonyl (C=O) groups is 1. The summed E-state index contributed by atoms with van der Waals surface area (Å²) in [4.78, 5) is 12.7. The molecule has 0 spiro atoms. The van der Waals surface area contributed by atoms with Gasteiger partial charge in [0.25, 0.3) is 0 Å². The molecular formula is C17H29N3O3S. The van der Waals surface area contributed by atoms with E-state index >= 15 is 0 Å². The van der Waals surface area contributed by atoms with Crippen molar-refractivity contribution in [2.75, 3.05) is 11.9 Å². The van der Waals surface area contributed by atoms with Crippen LogP contribution in [0.1, 0.15) is 47.0 Å². The lowest BCUT2D eigenvalue weighted by molar-refractivity contribution is -0.125. The highest BCUT2D eigenvalue weighted by Crippen LogP contribution is 2.27. The van der Waals surface area contributed by atoms with Crippen LogP contribution in [0.3, 0.4) is 0 Å². The SMILES string of the molecule is CCC(C)NS(=O)(=O)c1cccc(NC(=O)C(CC)(CC)CN)c1. The molecule has 1 aromatic rings. The van der Waals surface area contributed by atoms with Crippen LogP contribution in [0.4, 0.5) is 5.69 Å². The summed E-state index contributed by atoms with van der Waals surface area (Å²) in [7, 11) is -3.61. The lowest BCUT2D eigenvalue weighted by Gasteiger charge is -2.28. The van der Waals surface area contributed by atoms with Crippen LogP contribution in [0.2, 0.25) is 0 Å². The number of nitrogens with one attached hydrogen (secondary N) is 2. The molecule has 1 aromatic carbocycles. The largest absolute Gasteiger partial charge is 0.329 e. The van der Waals surface area contributed by atoms with Crippen molar-refractivity contribution in [2.45, 2.75) is 57.9 Å². The maximum Gasteiger partial charge on any atom is 0.240 e. The fourth-order valence-corrected chi connectivity index (χ4v) is 3.75. The summed E-state index contributed by atoms with van der Waals surface area (Å²) in [5.74, 6) is -0.181. The molecule has 4 N–H and O–H groups in total. The van der Waals surface area contributed by atoms with Gasteiger partial charge in [-0.25, -0.2) is 13.1 Å². The Bertz CT molecular complexity index is 647. The van der Waals surface area contributed by atoms with Crippen molar-refractivity contribution >= 4 is 21.6 Å². The lowest BCUT2D eigenvalue weighted by atomic mass is 9.81. The molecule has 0 fully saturated rings. The highest BCUT2D eigenvalue weighted by atomic mass is 32.2. The third-order valence-electron chi connectivity index (χ3n) is 4.60. The predicted molar refractivity (Wildman–Crippen MR) is 97.2 cm³/mol. The Hall–Kier alpha value is -1.44. The summed E-state index contributed by atoms with van der Waals surface area (Å²) in [6.07, 6.45) is 1.94. The zero-order valence-electron chi connectivity index (χ0n) is 14.9. The zero-order valence-corrected chi connectivity index (χ0v) is 15.7. The standard InChI is InChI=1S/C17H29N3O3S/c1-5-13(4)20-24(22,23)15-10-8-9-14(11-15)19-16(21)17(6-2,7-3)12-18/h8-11,13,20H,5-7,12,18H2,1-4H3,(H,19,21). The molecule has 0 heterocycles. The van der Waals surface area contributed by atoms with E-state index in [9.17, 15) is 13.2 Å². The number of hydrogen-bond acceptors (Lipinski definition) is 4. The molecule has 0 aliphatic rings. The second-order valence-electron chi connectivity index (χ2n) is 6.10. The third kappa shape index (κ3) is 4.78. The summed E-state index contributed by atoms with van der Waals surface area (Å²) >= 11 is 0. The normalized spacial score (nSPS) is 13.5. The van der Waals surface area contributed by atoms with Gasteiger partial charge in [-0.15, -0.1) is 0 Å². The topological polar surface area (TPSA) is 101 Å². The minimum absolute atomic E-state index is 0.131. The number of nitrogens with two attached hydrogens (primary N) is 1. The number of sulfonamides is 1. The molecule has 1 amide bonds. The first kappa shape index (κ1) is 20.6. The van der Waals surface area contributed by atoms with E-state index in [1.165, 1.54) is 12.1 Å². The van der Waals surface area contributed by atoms with E-state index in [0.717, 1.165) is 0 Å². The fraction of sp³-hybridized carbons (Fsp3) is 0.588. The number of carbonyl (C=O) groups excluding carboxylic acids is 1. The van der Waals surface area contributed by atoms with Crippen LogP contribution in [-0.2, 0) is 14.8 Å². The van der Waals surface area contributed by atoms with Crippen molar-refractivity contribution in [3.63, 3.8) is 0 Å². The molecule has 0 saturated heterocycles. The molecule has 136 valence electrons. The molecule has 0 aliphatic carbocycles. The smallest absolute Gasteiger partial charge is 0.240 e. The van der Waals surface area contributed by atoms with E-state index in [0.29, 0.717) is 24.9 Å². The van der Waals surface area contributed by atoms with Gasteiger partial charge in [0.2, 0.25) is 15.9 Å². The number of hydrogen-bond donors (Lipinski definition) is 3. The van der Waals surface area contributed by atoms with Crippen molar-refractivity contribution in [3.05, 3.63) is 24.3 Å². The molecule has 0 saturated carbocycles. The Balaban J connectivity index is 3.03. The van der Waals surface area contributed by atoms with Crippen molar-refractivity contribution in [1.82, 2.24) is 4.72 Å². The molecule has 0 aromatic heterocycles. The van der Waals surface area contributed by atoms with Crippen LogP contribution in [0, 0.1) is 5.41 Å². The van der Waals surface area contributed by atoms with Crippen LogP contribution in [0.5, 0.6) is 0 Å². The van der Waals surface area contributed by atoms with E-state index in [1.807, 2.05) is 20.8 Å². The van der Waals surface area contributed by atoms with Crippen molar-refractivity contribution in [2.24, 2.45) is 11.1 Å². The van der Waals surface area contributed by atoms with Gasteiger partial charge >= 0.3 is 0 Å². The van der Waals surface area contributed by atoms with Crippen LogP contribution in [0.15, 0.2) is 29.2 Å². The van der Waals surface area contributed by atoms with Crippen LogP contribution in [-0.4, -0.2) is 26.9 Å². The van der Waals surface area contributed by atoms with Gasteiger partial charge in [0.05, 0.1) is 10.3 Å². The highest BCUT2D eigenvalue weighted by molar-refractivity contribution is 7.89. The maximum absolute atomic E-state index is 12.6. The van der Waals surface area contributed by atoms with Crippen LogP contribution >= 0.6 is 0 Å². The van der Waals surface area contributed by atoms with Crippen LogP contribution in [0.25, 0.3) is 0 Å². The summed E-state index contributed by atoms with van der Waals surface area (Å²) in [5.41, 5.74) is 5.60. The molecular weight excluding hydrogens is 326 g/mol. The molecule has 1 atom stereocenters. The van der Waals surface area contributed by atoms with Crippen molar-refractivity contribution in [3.8, 4) is 0 Å². The maximum atomic E-state index is 12.6. The first-order valence-electron chi connectivity index (χ1n) is 8.38. The zero-order chi connectivity index (χ0) is 18.4. The van der Waals surface area contributed by atoms with Gasteiger partial charge < -0.3 is 11.1 Å². The van der Waals surface area contributed by atoms with E-state index < -0.39 is 15.4 Å². The van der Waals surface area contributed by atoms with E-state index in [1.54, 1.807) is 19.1 Å². The number of amides is 1. The molecule has 0 radical (unpaired) electrons. The van der Waals surface area contributed by atoms with E-state index in [4.69, 9.17) is 5.73 Å². The number of rotatable bonds is 9. The van der Waals surface area contributed by atoms with Gasteiger partial charge in [-0.05, 0) is 44.4 Å². The van der Waals surface area contributed by atoms with Gasteiger partial charge in [-0.3, -0.25) is 4.79 Å². The Morgan fingerprint density at radius 3 is 2.38 bits per heavy atom. The molecule has 0 bridgehead atoms.